The molecule has 6 rings (SSSR count). The summed E-state index contributed by atoms with van der Waals surface area (Å²) in [6, 6.07) is 42.9. The lowest BCUT2D eigenvalue weighted by atomic mass is 10.0. The van der Waals surface area contributed by atoms with Crippen LogP contribution in [-0.4, -0.2) is 4.98 Å². The maximum Gasteiger partial charge on any atom is 0.361 e. The monoisotopic (exact) mass is 551 g/mol. The minimum absolute atomic E-state index is 0.614. The lowest BCUT2D eigenvalue weighted by Gasteiger charge is -2.17. The lowest BCUT2D eigenvalue weighted by molar-refractivity contribution is -2.00. The molecule has 2 heterocycles. The predicted molar refractivity (Wildman–Crippen MR) is 140 cm³/mol. The minimum atomic E-state index is -4.94. The lowest BCUT2D eigenvalue weighted by Crippen LogP contribution is -2.68. The average Bonchev–Trinajstić information content (AvgIpc) is 3.48. The first-order valence-corrected chi connectivity index (χ1v) is 13.4. The van der Waals surface area contributed by atoms with E-state index in [0.29, 0.717) is 5.89 Å². The van der Waals surface area contributed by atoms with Crippen molar-refractivity contribution < 1.29 is 37.7 Å². The second-order valence-corrected chi connectivity index (χ2v) is 9.41. The number of halogens is 1. The molecule has 7 nitrogen and oxygen atoms in total. The van der Waals surface area contributed by atoms with Gasteiger partial charge in [-0.25, -0.2) is 28.0 Å². The zero-order valence-electron chi connectivity index (χ0n) is 21.0. The maximum atomic E-state index is 8.49. The maximum absolute atomic E-state index is 8.49. The first-order chi connectivity index (χ1) is 19.3. The number of aromatic nitrogens is 1. The molecule has 0 saturated carbocycles. The first kappa shape index (κ1) is 27.0. The van der Waals surface area contributed by atoms with E-state index < -0.39 is 10.2 Å². The second-order valence-electron chi connectivity index (χ2n) is 8.66. The van der Waals surface area contributed by atoms with Crippen LogP contribution in [-0.2, 0) is 0 Å². The van der Waals surface area contributed by atoms with Crippen LogP contribution in [0.4, 0.5) is 0 Å². The van der Waals surface area contributed by atoms with Crippen LogP contribution in [0, 0.1) is 10.2 Å². The van der Waals surface area contributed by atoms with Gasteiger partial charge in [-0.2, -0.15) is 0 Å². The molecular formula is C32H22ClNO6. The van der Waals surface area contributed by atoms with Gasteiger partial charge in [-0.3, -0.25) is 0 Å². The topological polar surface area (TPSA) is 130 Å². The summed E-state index contributed by atoms with van der Waals surface area (Å²) in [4.78, 5) is 4.45. The number of rotatable bonds is 5. The van der Waals surface area contributed by atoms with E-state index in [9.17, 15) is 0 Å². The fourth-order valence-corrected chi connectivity index (χ4v) is 4.11. The SMILES string of the molecule is [O-][Cl+3]([O-])([O-])[O-].c1ccc(-c2cc(-c3ccccc3)[o+]c(-c3ccc(-c4cnc(-c5ccccc5)o4)cc3)c2)cc1. The summed E-state index contributed by atoms with van der Waals surface area (Å²) in [5, 5.41) is 0. The van der Waals surface area contributed by atoms with Gasteiger partial charge in [-0.1, -0.05) is 78.9 Å². The Labute approximate surface area is 232 Å². The Balaban J connectivity index is 0.000000595. The van der Waals surface area contributed by atoms with Gasteiger partial charge in [0.2, 0.25) is 5.89 Å². The molecule has 2 aromatic heterocycles. The summed E-state index contributed by atoms with van der Waals surface area (Å²) in [6.07, 6.45) is 1.77. The second kappa shape index (κ2) is 12.0. The molecule has 0 aliphatic rings. The Morgan fingerprint density at radius 2 is 0.925 bits per heavy atom. The Morgan fingerprint density at radius 3 is 1.45 bits per heavy atom. The molecule has 0 fully saturated rings. The van der Waals surface area contributed by atoms with Crippen LogP contribution in [0.5, 0.6) is 0 Å². The Bertz CT molecular complexity index is 1600. The van der Waals surface area contributed by atoms with Crippen LogP contribution in [0.25, 0.3) is 56.6 Å². The molecule has 0 amide bonds. The highest BCUT2D eigenvalue weighted by atomic mass is 35.7. The highest BCUT2D eigenvalue weighted by molar-refractivity contribution is 5.75. The summed E-state index contributed by atoms with van der Waals surface area (Å²) in [5.74, 6) is 2.98. The van der Waals surface area contributed by atoms with Gasteiger partial charge >= 0.3 is 11.5 Å². The molecule has 4 aromatic carbocycles. The molecule has 8 heteroatoms. The Morgan fingerprint density at radius 1 is 0.500 bits per heavy atom. The number of hydrogen-bond acceptors (Lipinski definition) is 6. The number of oxazole rings is 1. The summed E-state index contributed by atoms with van der Waals surface area (Å²) in [6.45, 7) is 0. The van der Waals surface area contributed by atoms with Gasteiger partial charge in [-0.05, 0) is 42.0 Å². The molecule has 40 heavy (non-hydrogen) atoms. The molecule has 0 saturated heterocycles. The van der Waals surface area contributed by atoms with Crippen LogP contribution >= 0.6 is 0 Å². The molecule has 0 aliphatic heterocycles. The fourth-order valence-electron chi connectivity index (χ4n) is 4.11. The standard InChI is InChI=1S/C32H22NO2.ClHO4/c1-4-10-23(11-5-1)28-20-29(24-12-6-2-7-13-24)34-30(21-28)25-16-18-26(19-17-25)31-22-33-32(35-31)27-14-8-3-9-15-27;2-1(3,4)5/h1-22H;(H,2,3,4,5)/q+1;/p-1. The van der Waals surface area contributed by atoms with Crippen molar-refractivity contribution in [1.29, 1.82) is 0 Å². The van der Waals surface area contributed by atoms with E-state index in [-0.39, 0.29) is 0 Å². The van der Waals surface area contributed by atoms with E-state index >= 15 is 0 Å². The molecule has 0 spiro atoms. The van der Waals surface area contributed by atoms with Crippen molar-refractivity contribution in [1.82, 2.24) is 4.98 Å². The van der Waals surface area contributed by atoms with Crippen molar-refractivity contribution in [2.75, 3.05) is 0 Å². The molecule has 0 radical (unpaired) electrons. The largest absolute Gasteiger partial charge is 0.436 e. The minimum Gasteiger partial charge on any atom is -0.436 e. The van der Waals surface area contributed by atoms with E-state index in [1.807, 2.05) is 66.7 Å². The predicted octanol–water partition coefficient (Wildman–Crippen LogP) is 4.13. The van der Waals surface area contributed by atoms with Gasteiger partial charge in [0.15, 0.2) is 5.76 Å². The van der Waals surface area contributed by atoms with Gasteiger partial charge in [0.25, 0.3) is 0 Å². The summed E-state index contributed by atoms with van der Waals surface area (Å²) in [7, 11) is -4.94. The van der Waals surface area contributed by atoms with Gasteiger partial charge in [-0.15, -0.1) is 10.2 Å². The molecule has 0 bridgehead atoms. The number of nitrogens with zero attached hydrogens (tertiary/aromatic N) is 1. The zero-order chi connectivity index (χ0) is 28.0. The normalized spacial score (nSPS) is 11.0. The van der Waals surface area contributed by atoms with Crippen molar-refractivity contribution in [3.63, 3.8) is 0 Å². The van der Waals surface area contributed by atoms with Crippen LogP contribution in [0.3, 0.4) is 0 Å². The third kappa shape index (κ3) is 7.06. The van der Waals surface area contributed by atoms with Crippen LogP contribution in [0.1, 0.15) is 0 Å². The van der Waals surface area contributed by atoms with Crippen molar-refractivity contribution in [2.45, 2.75) is 0 Å². The van der Waals surface area contributed by atoms with E-state index in [2.05, 4.69) is 65.6 Å². The summed E-state index contributed by atoms with van der Waals surface area (Å²) in [5.41, 5.74) is 6.21. The van der Waals surface area contributed by atoms with Gasteiger partial charge < -0.3 is 4.42 Å². The average molecular weight is 552 g/mol. The number of benzene rings is 4. The molecule has 0 N–H and O–H groups in total. The number of hydrogen-bond donors (Lipinski definition) is 0. The van der Waals surface area contributed by atoms with Crippen LogP contribution in [0.15, 0.2) is 142 Å². The van der Waals surface area contributed by atoms with Crippen molar-refractivity contribution in [3.05, 3.63) is 134 Å². The Kier molecular flexibility index (Phi) is 8.12. The van der Waals surface area contributed by atoms with Gasteiger partial charge in [0.1, 0.15) is 0 Å². The smallest absolute Gasteiger partial charge is 0.361 e. The highest BCUT2D eigenvalue weighted by Crippen LogP contribution is 2.34. The third-order valence-corrected chi connectivity index (χ3v) is 5.94. The van der Waals surface area contributed by atoms with Gasteiger partial charge in [0.05, 0.1) is 29.5 Å². The van der Waals surface area contributed by atoms with E-state index in [0.717, 1.165) is 50.7 Å². The third-order valence-electron chi connectivity index (χ3n) is 5.94. The highest BCUT2D eigenvalue weighted by Gasteiger charge is 2.21. The van der Waals surface area contributed by atoms with Crippen molar-refractivity contribution in [2.24, 2.45) is 0 Å². The zero-order valence-corrected chi connectivity index (χ0v) is 21.7. The molecule has 198 valence electrons. The van der Waals surface area contributed by atoms with Crippen molar-refractivity contribution >= 4 is 0 Å². The van der Waals surface area contributed by atoms with Gasteiger partial charge in [0, 0.05) is 16.7 Å². The van der Waals surface area contributed by atoms with Crippen molar-refractivity contribution in [3.8, 4) is 56.6 Å². The molecular weight excluding hydrogens is 530 g/mol. The quantitative estimate of drug-likeness (QED) is 0.294. The fraction of sp³-hybridized carbons (Fsp3) is 0. The summed E-state index contributed by atoms with van der Waals surface area (Å²) < 4.78 is 46.4. The molecule has 0 aliphatic carbocycles. The van der Waals surface area contributed by atoms with Crippen LogP contribution < -0.4 is 18.6 Å². The van der Waals surface area contributed by atoms with E-state index in [1.54, 1.807) is 6.20 Å². The molecule has 0 unspecified atom stereocenters. The van der Waals surface area contributed by atoms with E-state index in [1.165, 1.54) is 0 Å². The van der Waals surface area contributed by atoms with E-state index in [4.69, 9.17) is 27.5 Å². The first-order valence-electron chi connectivity index (χ1n) is 12.2. The molecule has 6 aromatic rings. The van der Waals surface area contributed by atoms with Crippen LogP contribution in [0.2, 0.25) is 0 Å². The molecule has 0 atom stereocenters. The Hall–Kier alpha value is -4.63. The summed E-state index contributed by atoms with van der Waals surface area (Å²) >= 11 is 0.